The van der Waals surface area contributed by atoms with Crippen LogP contribution >= 0.6 is 0 Å². The van der Waals surface area contributed by atoms with Gasteiger partial charge in [0.2, 0.25) is 0 Å². The van der Waals surface area contributed by atoms with Crippen LogP contribution in [0.1, 0.15) is 0 Å². The smallest absolute Gasteiger partial charge is 0.554 e. The number of hydrogen-bond acceptors (Lipinski definition) is 4. The summed E-state index contributed by atoms with van der Waals surface area (Å²) >= 11 is 0. The minimum absolute atomic E-state index is 0. The van der Waals surface area contributed by atoms with Crippen molar-refractivity contribution in [2.45, 2.75) is 0 Å². The molecular weight excluding hydrogens is 184 g/mol. The van der Waals surface area contributed by atoms with Crippen LogP contribution < -0.4 is 10.2 Å². The van der Waals surface area contributed by atoms with Crippen molar-refractivity contribution < 1.29 is 47.8 Å². The van der Waals surface area contributed by atoms with E-state index in [1.54, 1.807) is 0 Å². The van der Waals surface area contributed by atoms with Crippen LogP contribution in [0.4, 0.5) is 0 Å². The van der Waals surface area contributed by atoms with Gasteiger partial charge in [-0.3, -0.25) is 0 Å². The Bertz CT molecular complexity index is 32.0. The van der Waals surface area contributed by atoms with E-state index in [0.29, 0.717) is 0 Å². The fourth-order valence-corrected chi connectivity index (χ4v) is 0. The molecule has 0 saturated heterocycles. The van der Waals surface area contributed by atoms with E-state index in [4.69, 9.17) is 19.8 Å². The van der Waals surface area contributed by atoms with E-state index in [9.17, 15) is 0 Å². The summed E-state index contributed by atoms with van der Waals surface area (Å²) in [6.45, 7) is -1.00. The molecule has 0 unspecified atom stereocenters. The Morgan fingerprint density at radius 1 is 0.889 bits per heavy atom. The summed E-state index contributed by atoms with van der Waals surface area (Å²) in [5.41, 5.74) is 0. The molecule has 9 heavy (non-hydrogen) atoms. The zero-order valence-corrected chi connectivity index (χ0v) is 5.03. The number of rotatable bonds is 0. The average molecular weight is 190 g/mol. The first-order chi connectivity index (χ1) is 2.83. The molecule has 0 atom stereocenters. The molecule has 0 amide bonds. The molecule has 0 bridgehead atoms. The average Bonchev–Trinajstić information content (AvgIpc) is 1.39. The molecule has 0 aliphatic carbocycles. The van der Waals surface area contributed by atoms with Gasteiger partial charge < -0.3 is 30.8 Å². The summed E-state index contributed by atoms with van der Waals surface area (Å²) in [6.07, 6.45) is 0. The van der Waals surface area contributed by atoms with Crippen molar-refractivity contribution >= 4 is 12.9 Å². The van der Waals surface area contributed by atoms with Crippen molar-refractivity contribution in [3.05, 3.63) is 0 Å². The van der Waals surface area contributed by atoms with Gasteiger partial charge in [-0.1, -0.05) is 0 Å². The van der Waals surface area contributed by atoms with E-state index in [2.05, 4.69) is 0 Å². The molecule has 1 radical (unpaired) electrons. The second-order valence-corrected chi connectivity index (χ2v) is 0.192. The Morgan fingerprint density at radius 2 is 0.889 bits per heavy atom. The van der Waals surface area contributed by atoms with E-state index in [0.717, 1.165) is 0 Å². The van der Waals surface area contributed by atoms with E-state index in [1.807, 2.05) is 0 Å². The first kappa shape index (κ1) is 40.0. The van der Waals surface area contributed by atoms with E-state index >= 15 is 0 Å². The van der Waals surface area contributed by atoms with Crippen molar-refractivity contribution in [3.63, 3.8) is 0 Å². The van der Waals surface area contributed by atoms with Gasteiger partial charge in [-0.15, -0.1) is 0 Å². The van der Waals surface area contributed by atoms with Crippen LogP contribution in [-0.4, -0.2) is 23.9 Å². The van der Waals surface area contributed by atoms with Gasteiger partial charge in [0, 0.05) is 12.9 Å². The molecule has 0 aliphatic rings. The Balaban J connectivity index is -0.00000000889. The monoisotopic (exact) mass is 189 g/mol. The Kier molecular flexibility index (Phi) is 701. The molecule has 0 aliphatic heterocycles. The number of hydrogen-bond donors (Lipinski definition) is 0. The van der Waals surface area contributed by atoms with Gasteiger partial charge in [0.15, 0.2) is 0 Å². The maximum atomic E-state index is 8.25. The van der Waals surface area contributed by atoms with Crippen molar-refractivity contribution in [2.75, 3.05) is 0 Å². The van der Waals surface area contributed by atoms with Crippen molar-refractivity contribution in [1.82, 2.24) is 0 Å². The zero-order chi connectivity index (χ0) is 5.41. The largest absolute Gasteiger partial charge is 2.00 e. The molecule has 0 rings (SSSR count). The van der Waals surface area contributed by atoms with Crippen LogP contribution in [-0.2, 0) is 26.7 Å². The molecule has 0 aromatic rings. The third-order valence-electron chi connectivity index (χ3n) is 0. The summed E-state index contributed by atoms with van der Waals surface area (Å²) in [7, 11) is 0. The van der Waals surface area contributed by atoms with Crippen LogP contribution in [0, 0.1) is 0 Å². The van der Waals surface area contributed by atoms with E-state index < -0.39 is 12.9 Å². The molecule has 6 nitrogen and oxygen atoms in total. The normalized spacial score (nSPS) is 2.67. The van der Waals surface area contributed by atoms with Crippen LogP contribution in [0.3, 0.4) is 0 Å². The maximum absolute atomic E-state index is 8.25. The molecule has 0 fully saturated rings. The van der Waals surface area contributed by atoms with Gasteiger partial charge in [0.05, 0.1) is 0 Å². The van der Waals surface area contributed by atoms with Gasteiger partial charge in [-0.05, 0) is 0 Å². The van der Waals surface area contributed by atoms with Gasteiger partial charge in [-0.25, -0.2) is 0 Å². The third kappa shape index (κ3) is 555. The first-order valence-electron chi connectivity index (χ1n) is 0.943. The molecule has 0 heterocycles. The molecule has 0 aromatic heterocycles. The molecule has 4 N–H and O–H groups in total. The summed E-state index contributed by atoms with van der Waals surface area (Å²) in [5, 5.41) is 16.5. The van der Waals surface area contributed by atoms with Gasteiger partial charge in [0.25, 0.3) is 0 Å². The van der Waals surface area contributed by atoms with Gasteiger partial charge >= 0.3 is 17.1 Å². The summed E-state index contributed by atoms with van der Waals surface area (Å²) in [6, 6.07) is 0. The minimum Gasteiger partial charge on any atom is -0.554 e. The summed E-state index contributed by atoms with van der Waals surface area (Å²) < 4.78 is 0. The van der Waals surface area contributed by atoms with E-state index in [-0.39, 0.29) is 28.0 Å². The number of carbonyl (C=O) groups is 2. The molecule has 61 valence electrons. The molecule has 0 saturated carbocycles. The van der Waals surface area contributed by atoms with Gasteiger partial charge in [-0.2, -0.15) is 0 Å². The topological polar surface area (TPSA) is 143 Å². The third-order valence-corrected chi connectivity index (χ3v) is 0. The van der Waals surface area contributed by atoms with Crippen LogP contribution in [0.2, 0.25) is 0 Å². The van der Waals surface area contributed by atoms with Crippen molar-refractivity contribution in [3.8, 4) is 0 Å². The second-order valence-electron chi connectivity index (χ2n) is 0.192. The van der Waals surface area contributed by atoms with Crippen LogP contribution in [0.15, 0.2) is 0 Å². The van der Waals surface area contributed by atoms with Crippen molar-refractivity contribution in [1.29, 1.82) is 0 Å². The predicted octanol–water partition coefficient (Wildman–Crippen LogP) is -4.92. The molecule has 0 spiro atoms. The maximum Gasteiger partial charge on any atom is 2.00 e. The Labute approximate surface area is 61.6 Å². The second kappa shape index (κ2) is 158. The number of carbonyl (C=O) groups excluding carboxylic acids is 2. The first-order valence-corrected chi connectivity index (χ1v) is 0.943. The Morgan fingerprint density at radius 3 is 0.889 bits per heavy atom. The van der Waals surface area contributed by atoms with Gasteiger partial charge in [0.1, 0.15) is 0 Å². The standard InChI is InChI=1S/2CH2O2.Cu.2H2O/c2*2-1-3;;;/h2*1H,(H,2,3);;2*1H2/q;;+2;;/p-2. The summed E-state index contributed by atoms with van der Waals surface area (Å²) in [5.74, 6) is 0. The van der Waals surface area contributed by atoms with Crippen LogP contribution in [0.25, 0.3) is 0 Å². The molecule has 7 heteroatoms. The SMILES string of the molecule is O.O.O=C[O-].O=C[O-].[Cu+2]. The fraction of sp³-hybridized carbons (Fsp3) is 0. The summed E-state index contributed by atoms with van der Waals surface area (Å²) in [4.78, 5) is 16.5. The zero-order valence-electron chi connectivity index (χ0n) is 4.09. The quantitative estimate of drug-likeness (QED) is 0.278. The minimum atomic E-state index is -0.500. The molecule has 0 aromatic carbocycles. The van der Waals surface area contributed by atoms with E-state index in [1.165, 1.54) is 0 Å². The fourth-order valence-electron chi connectivity index (χ4n) is 0. The van der Waals surface area contributed by atoms with Crippen molar-refractivity contribution in [2.24, 2.45) is 0 Å². The van der Waals surface area contributed by atoms with Crippen LogP contribution in [0.5, 0.6) is 0 Å². The predicted molar refractivity (Wildman–Crippen MR) is 19.4 cm³/mol. The Hall–Kier alpha value is -0.621. The molecular formula is C2H6CuO6. The number of carboxylic acid groups (broad SMARTS) is 2.